The summed E-state index contributed by atoms with van der Waals surface area (Å²) in [6.07, 6.45) is 0.824. The van der Waals surface area contributed by atoms with Crippen LogP contribution in [0.25, 0.3) is 11.1 Å². The summed E-state index contributed by atoms with van der Waals surface area (Å²) in [6.45, 7) is 3.75. The van der Waals surface area contributed by atoms with Crippen molar-refractivity contribution in [3.63, 3.8) is 0 Å². The number of rotatable bonds is 11. The number of carboxylic acids is 1. The van der Waals surface area contributed by atoms with Crippen molar-refractivity contribution in [3.05, 3.63) is 95.6 Å². The third-order valence-corrected chi connectivity index (χ3v) is 4.94. The Morgan fingerprint density at radius 1 is 0.903 bits per heavy atom. The van der Waals surface area contributed by atoms with Crippen LogP contribution < -0.4 is 5.32 Å². The Kier molecular flexibility index (Phi) is 8.38. The molecule has 0 aliphatic rings. The zero-order valence-electron chi connectivity index (χ0n) is 17.8. The Labute approximate surface area is 183 Å². The number of carbonyl (C=O) groups is 1. The summed E-state index contributed by atoms with van der Waals surface area (Å²) in [5, 5.41) is 16.1. The maximum absolute atomic E-state index is 10.5. The Hall–Kier alpha value is -3.44. The molecule has 0 amide bonds. The molecule has 0 aromatic heterocycles. The molecule has 0 spiro atoms. The minimum Gasteiger partial charge on any atom is -0.481 e. The van der Waals surface area contributed by atoms with Gasteiger partial charge in [0.1, 0.15) is 6.61 Å². The maximum Gasteiger partial charge on any atom is 0.303 e. The molecular formula is C26H28N2O3. The number of benzene rings is 3. The molecule has 0 heterocycles. The summed E-state index contributed by atoms with van der Waals surface area (Å²) in [6, 6.07) is 26.7. The number of nitrogens with one attached hydrogen (secondary N) is 1. The van der Waals surface area contributed by atoms with Crippen molar-refractivity contribution in [2.75, 3.05) is 6.54 Å². The molecule has 3 rings (SSSR count). The van der Waals surface area contributed by atoms with E-state index in [-0.39, 0.29) is 6.42 Å². The van der Waals surface area contributed by atoms with Gasteiger partial charge >= 0.3 is 5.97 Å². The second-order valence-corrected chi connectivity index (χ2v) is 7.38. The minimum atomic E-state index is -0.757. The van der Waals surface area contributed by atoms with Gasteiger partial charge in [0.15, 0.2) is 0 Å². The van der Waals surface area contributed by atoms with E-state index in [1.807, 2.05) is 49.4 Å². The highest BCUT2D eigenvalue weighted by Gasteiger charge is 2.02. The molecule has 160 valence electrons. The molecular weight excluding hydrogens is 388 g/mol. The molecule has 0 bridgehead atoms. The van der Waals surface area contributed by atoms with Gasteiger partial charge in [0.25, 0.3) is 0 Å². The number of carboxylic acid groups (broad SMARTS) is 1. The molecule has 5 nitrogen and oxygen atoms in total. The van der Waals surface area contributed by atoms with Gasteiger partial charge in [0.05, 0.1) is 5.71 Å². The average molecular weight is 417 g/mol. The van der Waals surface area contributed by atoms with Crippen LogP contribution in [0.3, 0.4) is 0 Å². The molecule has 0 fully saturated rings. The van der Waals surface area contributed by atoms with Crippen LogP contribution >= 0.6 is 0 Å². The van der Waals surface area contributed by atoms with Crippen molar-refractivity contribution >= 4 is 11.7 Å². The third kappa shape index (κ3) is 7.39. The van der Waals surface area contributed by atoms with Crippen molar-refractivity contribution in [2.24, 2.45) is 5.16 Å². The van der Waals surface area contributed by atoms with E-state index in [9.17, 15) is 4.79 Å². The quantitative estimate of drug-likeness (QED) is 0.254. The zero-order chi connectivity index (χ0) is 21.9. The van der Waals surface area contributed by atoms with Gasteiger partial charge in [0, 0.05) is 13.0 Å². The number of hydrogen-bond donors (Lipinski definition) is 2. The number of hydrogen-bond acceptors (Lipinski definition) is 4. The molecule has 31 heavy (non-hydrogen) atoms. The number of oxime groups is 1. The largest absolute Gasteiger partial charge is 0.481 e. The van der Waals surface area contributed by atoms with Gasteiger partial charge in [-0.3, -0.25) is 4.79 Å². The lowest BCUT2D eigenvalue weighted by Crippen LogP contribution is -2.15. The number of nitrogens with zero attached hydrogens (tertiary/aromatic N) is 1. The minimum absolute atomic E-state index is 0.193. The highest BCUT2D eigenvalue weighted by atomic mass is 16.6. The van der Waals surface area contributed by atoms with Crippen LogP contribution in [0.4, 0.5) is 0 Å². The smallest absolute Gasteiger partial charge is 0.303 e. The van der Waals surface area contributed by atoms with E-state index in [0.717, 1.165) is 22.4 Å². The zero-order valence-corrected chi connectivity index (χ0v) is 17.8. The fraction of sp³-hybridized carbons (Fsp3) is 0.231. The van der Waals surface area contributed by atoms with Crippen LogP contribution in [0.15, 0.2) is 84.0 Å². The fourth-order valence-corrected chi connectivity index (χ4v) is 3.14. The van der Waals surface area contributed by atoms with Crippen molar-refractivity contribution < 1.29 is 14.7 Å². The SMILES string of the molecule is C/C(=N\OCc1ccc(-c2ccccc2)cc1)c1ccc(CNCCCC(=O)O)cc1. The van der Waals surface area contributed by atoms with Gasteiger partial charge in [-0.2, -0.15) is 0 Å². The standard InChI is InChI=1S/C26H28N2O3/c1-20(23-13-9-21(10-14-23)18-27-17-5-8-26(29)30)28-31-19-22-11-15-25(16-12-22)24-6-3-2-4-7-24/h2-4,6-7,9-16,27H,5,8,17-19H2,1H3,(H,29,30)/b28-20+. The Morgan fingerprint density at radius 2 is 1.55 bits per heavy atom. The van der Waals surface area contributed by atoms with Gasteiger partial charge in [-0.05, 0) is 47.7 Å². The lowest BCUT2D eigenvalue weighted by Gasteiger charge is -2.07. The molecule has 0 aliphatic carbocycles. The fourth-order valence-electron chi connectivity index (χ4n) is 3.14. The molecule has 0 atom stereocenters. The molecule has 5 heteroatoms. The normalized spacial score (nSPS) is 11.3. The molecule has 0 saturated heterocycles. The van der Waals surface area contributed by atoms with Crippen LogP contribution in [0.5, 0.6) is 0 Å². The van der Waals surface area contributed by atoms with Crippen LogP contribution in [0.2, 0.25) is 0 Å². The second kappa shape index (κ2) is 11.7. The van der Waals surface area contributed by atoms with Gasteiger partial charge in [-0.25, -0.2) is 0 Å². The summed E-state index contributed by atoms with van der Waals surface area (Å²) in [5.41, 5.74) is 6.42. The predicted molar refractivity (Wildman–Crippen MR) is 124 cm³/mol. The van der Waals surface area contributed by atoms with Gasteiger partial charge in [-0.15, -0.1) is 0 Å². The van der Waals surface area contributed by atoms with Crippen LogP contribution in [0, 0.1) is 0 Å². The van der Waals surface area contributed by atoms with E-state index in [2.05, 4.69) is 46.9 Å². The average Bonchev–Trinajstić information content (AvgIpc) is 2.80. The van der Waals surface area contributed by atoms with Crippen molar-refractivity contribution in [1.29, 1.82) is 0 Å². The number of aliphatic carboxylic acids is 1. The van der Waals surface area contributed by atoms with Crippen molar-refractivity contribution in [3.8, 4) is 11.1 Å². The lowest BCUT2D eigenvalue weighted by atomic mass is 10.0. The molecule has 2 N–H and O–H groups in total. The molecule has 0 aliphatic heterocycles. The lowest BCUT2D eigenvalue weighted by molar-refractivity contribution is -0.137. The topological polar surface area (TPSA) is 70.9 Å². The Balaban J connectivity index is 1.45. The Bertz CT molecular complexity index is 981. The first kappa shape index (κ1) is 22.2. The first-order valence-electron chi connectivity index (χ1n) is 10.4. The molecule has 0 saturated carbocycles. The first-order valence-corrected chi connectivity index (χ1v) is 10.4. The molecule has 0 radical (unpaired) electrons. The van der Waals surface area contributed by atoms with Crippen molar-refractivity contribution in [2.45, 2.75) is 32.9 Å². The highest BCUT2D eigenvalue weighted by Crippen LogP contribution is 2.19. The summed E-state index contributed by atoms with van der Waals surface area (Å²) < 4.78 is 0. The third-order valence-electron chi connectivity index (χ3n) is 4.94. The van der Waals surface area contributed by atoms with Gasteiger partial charge in [-0.1, -0.05) is 84.0 Å². The second-order valence-electron chi connectivity index (χ2n) is 7.38. The van der Waals surface area contributed by atoms with E-state index in [1.54, 1.807) is 0 Å². The molecule has 3 aromatic carbocycles. The van der Waals surface area contributed by atoms with E-state index >= 15 is 0 Å². The van der Waals surface area contributed by atoms with Crippen LogP contribution in [-0.4, -0.2) is 23.3 Å². The summed E-state index contributed by atoms with van der Waals surface area (Å²) in [7, 11) is 0. The first-order chi connectivity index (χ1) is 15.1. The van der Waals surface area contributed by atoms with E-state index in [1.165, 1.54) is 11.1 Å². The van der Waals surface area contributed by atoms with Crippen LogP contribution in [-0.2, 0) is 22.8 Å². The highest BCUT2D eigenvalue weighted by molar-refractivity contribution is 5.98. The van der Waals surface area contributed by atoms with Gasteiger partial charge < -0.3 is 15.3 Å². The van der Waals surface area contributed by atoms with Gasteiger partial charge in [0.2, 0.25) is 0 Å². The van der Waals surface area contributed by atoms with Crippen LogP contribution in [0.1, 0.15) is 36.5 Å². The predicted octanol–water partition coefficient (Wildman–Crippen LogP) is 5.25. The van der Waals surface area contributed by atoms with E-state index in [4.69, 9.17) is 9.94 Å². The molecule has 0 unspecified atom stereocenters. The van der Waals surface area contributed by atoms with Crippen molar-refractivity contribution in [1.82, 2.24) is 5.32 Å². The summed E-state index contributed by atoms with van der Waals surface area (Å²) in [4.78, 5) is 16.1. The Morgan fingerprint density at radius 3 is 2.23 bits per heavy atom. The van der Waals surface area contributed by atoms with E-state index in [0.29, 0.717) is 26.1 Å². The maximum atomic E-state index is 10.5. The summed E-state index contributed by atoms with van der Waals surface area (Å²) in [5.74, 6) is -0.757. The van der Waals surface area contributed by atoms with E-state index < -0.39 is 5.97 Å². The summed E-state index contributed by atoms with van der Waals surface area (Å²) >= 11 is 0. The monoisotopic (exact) mass is 416 g/mol. The molecule has 3 aromatic rings.